The lowest BCUT2D eigenvalue weighted by molar-refractivity contribution is 0.252. The number of para-hydroxylation sites is 1. The van der Waals surface area contributed by atoms with Crippen LogP contribution in [0.2, 0.25) is 0 Å². The van der Waals surface area contributed by atoms with Crippen LogP contribution >= 0.6 is 11.3 Å². The van der Waals surface area contributed by atoms with Crippen LogP contribution in [0, 0.1) is 0 Å². The molecule has 0 unspecified atom stereocenters. The summed E-state index contributed by atoms with van der Waals surface area (Å²) in [7, 11) is 0. The fraction of sp³-hybridized carbons (Fsp3) is 0.346. The third kappa shape index (κ3) is 4.39. The van der Waals surface area contributed by atoms with E-state index in [0.29, 0.717) is 0 Å². The normalized spacial score (nSPS) is 15.2. The molecule has 0 bridgehead atoms. The van der Waals surface area contributed by atoms with Crippen molar-refractivity contribution in [3.05, 3.63) is 76.4 Å². The largest absolute Gasteiger partial charge is 0.368 e. The van der Waals surface area contributed by atoms with Crippen LogP contribution in [0.1, 0.15) is 19.3 Å². The van der Waals surface area contributed by atoms with E-state index in [4.69, 9.17) is 0 Å². The number of piperazine rings is 1. The number of thiophene rings is 1. The van der Waals surface area contributed by atoms with Crippen LogP contribution in [0.15, 0.2) is 70.8 Å². The SMILES string of the molecule is O=c1ccc2ccccc2n1CCCCCN1CCN(c2cccc3sccc23)CC1. The molecule has 3 heterocycles. The van der Waals surface area contributed by atoms with Gasteiger partial charge in [-0.1, -0.05) is 30.7 Å². The molecule has 1 aliphatic rings. The zero-order valence-electron chi connectivity index (χ0n) is 17.9. The first-order valence-electron chi connectivity index (χ1n) is 11.3. The Morgan fingerprint density at radius 1 is 0.774 bits per heavy atom. The van der Waals surface area contributed by atoms with Crippen LogP contribution < -0.4 is 10.5 Å². The molecule has 0 spiro atoms. The molecule has 4 aromatic rings. The summed E-state index contributed by atoms with van der Waals surface area (Å²) in [6.07, 6.45) is 3.40. The lowest BCUT2D eigenvalue weighted by atomic mass is 10.1. The highest BCUT2D eigenvalue weighted by Gasteiger charge is 2.18. The molecule has 1 fully saturated rings. The lowest BCUT2D eigenvalue weighted by Crippen LogP contribution is -2.46. The standard InChI is InChI=1S/C26H29N3OS/c30-26-12-11-21-7-2-3-8-23(21)29(26)15-5-1-4-14-27-16-18-28(19-17-27)24-9-6-10-25-22(24)13-20-31-25/h2-3,6-13,20H,1,4-5,14-19H2. The smallest absolute Gasteiger partial charge is 0.251 e. The number of unbranched alkanes of at least 4 members (excludes halogenated alkanes) is 2. The maximum absolute atomic E-state index is 12.3. The number of benzene rings is 2. The summed E-state index contributed by atoms with van der Waals surface area (Å²) < 4.78 is 3.31. The van der Waals surface area contributed by atoms with Crippen LogP contribution in [0.25, 0.3) is 21.0 Å². The van der Waals surface area contributed by atoms with Gasteiger partial charge in [0.05, 0.1) is 5.52 Å². The third-order valence-corrected chi connectivity index (χ3v) is 7.32. The number of nitrogens with zero attached hydrogens (tertiary/aromatic N) is 3. The van der Waals surface area contributed by atoms with Gasteiger partial charge in [-0.3, -0.25) is 9.69 Å². The zero-order chi connectivity index (χ0) is 21.0. The Kier molecular flexibility index (Phi) is 6.05. The Morgan fingerprint density at radius 2 is 1.61 bits per heavy atom. The summed E-state index contributed by atoms with van der Waals surface area (Å²) >= 11 is 1.82. The van der Waals surface area contributed by atoms with E-state index in [1.165, 1.54) is 22.2 Å². The van der Waals surface area contributed by atoms with Gasteiger partial charge in [-0.2, -0.15) is 0 Å². The number of hydrogen-bond acceptors (Lipinski definition) is 4. The highest BCUT2D eigenvalue weighted by Crippen LogP contribution is 2.31. The first kappa shape index (κ1) is 20.3. The van der Waals surface area contributed by atoms with E-state index in [2.05, 4.69) is 45.5 Å². The Balaban J connectivity index is 1.09. The van der Waals surface area contributed by atoms with Gasteiger partial charge in [0.1, 0.15) is 0 Å². The van der Waals surface area contributed by atoms with E-state index in [1.54, 1.807) is 6.07 Å². The van der Waals surface area contributed by atoms with Crippen molar-refractivity contribution in [2.75, 3.05) is 37.6 Å². The molecular formula is C26H29N3OS. The average Bonchev–Trinajstić information content (AvgIpc) is 3.30. The number of fused-ring (bicyclic) bond motifs is 2. The second-order valence-electron chi connectivity index (χ2n) is 8.38. The lowest BCUT2D eigenvalue weighted by Gasteiger charge is -2.36. The fourth-order valence-corrected chi connectivity index (χ4v) is 5.53. The molecule has 0 radical (unpaired) electrons. The molecular weight excluding hydrogens is 402 g/mol. The van der Waals surface area contributed by atoms with Crippen molar-refractivity contribution >= 4 is 38.0 Å². The molecule has 4 nitrogen and oxygen atoms in total. The molecule has 5 heteroatoms. The maximum Gasteiger partial charge on any atom is 0.251 e. The molecule has 1 saturated heterocycles. The van der Waals surface area contributed by atoms with Gasteiger partial charge in [0.2, 0.25) is 0 Å². The van der Waals surface area contributed by atoms with Crippen molar-refractivity contribution in [3.8, 4) is 0 Å². The first-order chi connectivity index (χ1) is 15.3. The van der Waals surface area contributed by atoms with Gasteiger partial charge in [0.15, 0.2) is 0 Å². The monoisotopic (exact) mass is 431 g/mol. The molecule has 5 rings (SSSR count). The Labute approximate surface area is 187 Å². The van der Waals surface area contributed by atoms with Crippen molar-refractivity contribution in [1.29, 1.82) is 0 Å². The Bertz CT molecular complexity index is 1220. The predicted molar refractivity (Wildman–Crippen MR) is 133 cm³/mol. The summed E-state index contributed by atoms with van der Waals surface area (Å²) in [4.78, 5) is 17.4. The number of pyridine rings is 1. The molecule has 2 aromatic carbocycles. The number of hydrogen-bond donors (Lipinski definition) is 0. The molecule has 0 saturated carbocycles. The van der Waals surface area contributed by atoms with Crippen LogP contribution in [0.4, 0.5) is 5.69 Å². The van der Waals surface area contributed by atoms with Gasteiger partial charge in [-0.25, -0.2) is 0 Å². The summed E-state index contributed by atoms with van der Waals surface area (Å²) in [5.41, 5.74) is 2.54. The number of anilines is 1. The van der Waals surface area contributed by atoms with Gasteiger partial charge in [0.25, 0.3) is 5.56 Å². The minimum absolute atomic E-state index is 0.107. The summed E-state index contributed by atoms with van der Waals surface area (Å²) in [5, 5.41) is 4.72. The van der Waals surface area contributed by atoms with E-state index >= 15 is 0 Å². The first-order valence-corrected chi connectivity index (χ1v) is 12.2. The Morgan fingerprint density at radius 3 is 2.52 bits per heavy atom. The topological polar surface area (TPSA) is 28.5 Å². The minimum Gasteiger partial charge on any atom is -0.368 e. The van der Waals surface area contributed by atoms with Crippen LogP contribution in [-0.4, -0.2) is 42.2 Å². The van der Waals surface area contributed by atoms with E-state index in [1.807, 2.05) is 40.2 Å². The maximum atomic E-state index is 12.3. The molecule has 0 atom stereocenters. The molecule has 31 heavy (non-hydrogen) atoms. The molecule has 1 aliphatic heterocycles. The number of aromatic nitrogens is 1. The van der Waals surface area contributed by atoms with E-state index < -0.39 is 0 Å². The highest BCUT2D eigenvalue weighted by atomic mass is 32.1. The highest BCUT2D eigenvalue weighted by molar-refractivity contribution is 7.17. The molecule has 2 aromatic heterocycles. The zero-order valence-corrected chi connectivity index (χ0v) is 18.7. The summed E-state index contributed by atoms with van der Waals surface area (Å²) in [6.45, 7) is 6.41. The second kappa shape index (κ2) is 9.25. The van der Waals surface area contributed by atoms with Crippen molar-refractivity contribution in [3.63, 3.8) is 0 Å². The van der Waals surface area contributed by atoms with Gasteiger partial charge in [0, 0.05) is 54.6 Å². The summed E-state index contributed by atoms with van der Waals surface area (Å²) in [5.74, 6) is 0. The fourth-order valence-electron chi connectivity index (χ4n) is 4.72. The van der Waals surface area contributed by atoms with Gasteiger partial charge >= 0.3 is 0 Å². The third-order valence-electron chi connectivity index (χ3n) is 6.44. The van der Waals surface area contributed by atoms with Gasteiger partial charge in [-0.15, -0.1) is 11.3 Å². The molecule has 0 aliphatic carbocycles. The molecule has 0 N–H and O–H groups in total. The van der Waals surface area contributed by atoms with Crippen molar-refractivity contribution < 1.29 is 0 Å². The van der Waals surface area contributed by atoms with E-state index in [0.717, 1.165) is 63.0 Å². The number of aryl methyl sites for hydroxylation is 1. The van der Waals surface area contributed by atoms with Crippen molar-refractivity contribution in [2.24, 2.45) is 0 Å². The second-order valence-corrected chi connectivity index (χ2v) is 9.33. The van der Waals surface area contributed by atoms with E-state index in [-0.39, 0.29) is 5.56 Å². The molecule has 160 valence electrons. The van der Waals surface area contributed by atoms with Crippen molar-refractivity contribution in [2.45, 2.75) is 25.8 Å². The average molecular weight is 432 g/mol. The molecule has 0 amide bonds. The predicted octanol–water partition coefficient (Wildman–Crippen LogP) is 5.21. The summed E-state index contributed by atoms with van der Waals surface area (Å²) in [6, 6.07) is 20.7. The van der Waals surface area contributed by atoms with Crippen LogP contribution in [-0.2, 0) is 6.54 Å². The van der Waals surface area contributed by atoms with E-state index in [9.17, 15) is 4.79 Å². The van der Waals surface area contributed by atoms with Gasteiger partial charge < -0.3 is 9.47 Å². The van der Waals surface area contributed by atoms with Gasteiger partial charge in [-0.05, 0) is 60.5 Å². The number of rotatable bonds is 7. The minimum atomic E-state index is 0.107. The van der Waals surface area contributed by atoms with Crippen LogP contribution in [0.5, 0.6) is 0 Å². The van der Waals surface area contributed by atoms with Crippen molar-refractivity contribution in [1.82, 2.24) is 9.47 Å². The van der Waals surface area contributed by atoms with Crippen LogP contribution in [0.3, 0.4) is 0 Å². The Hall–Kier alpha value is -2.63. The quantitative estimate of drug-likeness (QED) is 0.376.